The minimum atomic E-state index is -3.99. The van der Waals surface area contributed by atoms with Gasteiger partial charge in [0.25, 0.3) is 0 Å². The first-order valence-electron chi connectivity index (χ1n) is 9.09. The summed E-state index contributed by atoms with van der Waals surface area (Å²) >= 11 is 0. The van der Waals surface area contributed by atoms with E-state index in [1.54, 1.807) is 31.2 Å². The zero-order valence-electron chi connectivity index (χ0n) is 15.7. The van der Waals surface area contributed by atoms with E-state index in [1.165, 1.54) is 30.5 Å². The number of hydrogen-bond acceptors (Lipinski definition) is 3. The molecule has 3 nitrogen and oxygen atoms in total. The van der Waals surface area contributed by atoms with Gasteiger partial charge in [0, 0.05) is 11.8 Å². The van der Waals surface area contributed by atoms with Gasteiger partial charge in [-0.05, 0) is 66.8 Å². The quantitative estimate of drug-likeness (QED) is 0.512. The van der Waals surface area contributed by atoms with Crippen molar-refractivity contribution in [3.63, 3.8) is 0 Å². The third-order valence-electron chi connectivity index (χ3n) is 4.72. The molecule has 0 spiro atoms. The second-order valence-corrected chi connectivity index (χ2v) is 8.59. The molecule has 0 aliphatic rings. The highest BCUT2D eigenvalue weighted by molar-refractivity contribution is 7.91. The van der Waals surface area contributed by atoms with Crippen molar-refractivity contribution in [1.29, 1.82) is 0 Å². The molecule has 0 radical (unpaired) electrons. The smallest absolute Gasteiger partial charge is 0.216 e. The molecule has 1 heterocycles. The lowest BCUT2D eigenvalue weighted by Crippen LogP contribution is -2.05. The molecule has 0 bridgehead atoms. The van der Waals surface area contributed by atoms with E-state index in [0.29, 0.717) is 23.1 Å². The lowest BCUT2D eigenvalue weighted by Gasteiger charge is -2.10. The van der Waals surface area contributed by atoms with Crippen LogP contribution < -0.4 is 0 Å². The fourth-order valence-electron chi connectivity index (χ4n) is 3.06. The van der Waals surface area contributed by atoms with Crippen molar-refractivity contribution in [3.8, 4) is 11.1 Å². The Hall–Kier alpha value is -2.60. The number of aryl methyl sites for hydroxylation is 1. The molecule has 0 aliphatic heterocycles. The van der Waals surface area contributed by atoms with Crippen molar-refractivity contribution >= 4 is 9.84 Å². The second-order valence-electron chi connectivity index (χ2n) is 6.67. The molecule has 2 aromatic carbocycles. The standard InChI is InChI=1S/C22H21F2NO2S/c1-3-4-5-16-6-11-21(20(23)14-16)28(26,27)18-9-7-17(8-10-18)19-12-13-25-22(24)15(19)2/h6-14H,3-5H2,1-2H3. The summed E-state index contributed by atoms with van der Waals surface area (Å²) in [4.78, 5) is 3.24. The molecule has 3 aromatic rings. The van der Waals surface area contributed by atoms with Crippen LogP contribution in [0.4, 0.5) is 8.78 Å². The number of pyridine rings is 1. The Balaban J connectivity index is 1.94. The van der Waals surface area contributed by atoms with Crippen molar-refractivity contribution in [1.82, 2.24) is 4.98 Å². The number of unbranched alkanes of at least 4 members (excludes halogenated alkanes) is 1. The number of benzene rings is 2. The number of sulfone groups is 1. The zero-order chi connectivity index (χ0) is 20.3. The molecule has 0 aliphatic carbocycles. The van der Waals surface area contributed by atoms with Gasteiger partial charge in [0.1, 0.15) is 10.7 Å². The summed E-state index contributed by atoms with van der Waals surface area (Å²) in [5, 5.41) is 0. The van der Waals surface area contributed by atoms with Crippen molar-refractivity contribution < 1.29 is 17.2 Å². The third-order valence-corrected chi connectivity index (χ3v) is 6.53. The molecule has 0 N–H and O–H groups in total. The monoisotopic (exact) mass is 401 g/mol. The molecule has 0 amide bonds. The molecule has 3 rings (SSSR count). The average molecular weight is 401 g/mol. The Morgan fingerprint density at radius 1 is 1.00 bits per heavy atom. The fraction of sp³-hybridized carbons (Fsp3) is 0.227. The van der Waals surface area contributed by atoms with Gasteiger partial charge in [-0.1, -0.05) is 31.5 Å². The number of hydrogen-bond donors (Lipinski definition) is 0. The van der Waals surface area contributed by atoms with Crippen LogP contribution in [-0.4, -0.2) is 13.4 Å². The van der Waals surface area contributed by atoms with Gasteiger partial charge in [0.05, 0.1) is 4.90 Å². The lowest BCUT2D eigenvalue weighted by atomic mass is 10.0. The van der Waals surface area contributed by atoms with Gasteiger partial charge < -0.3 is 0 Å². The van der Waals surface area contributed by atoms with Gasteiger partial charge >= 0.3 is 0 Å². The fourth-order valence-corrected chi connectivity index (χ4v) is 4.37. The Labute approximate surface area is 164 Å². The molecule has 0 atom stereocenters. The van der Waals surface area contributed by atoms with E-state index < -0.39 is 21.6 Å². The molecule has 0 unspecified atom stereocenters. The summed E-state index contributed by atoms with van der Waals surface area (Å²) in [6, 6.07) is 11.9. The van der Waals surface area contributed by atoms with Gasteiger partial charge in [-0.25, -0.2) is 17.8 Å². The van der Waals surface area contributed by atoms with E-state index in [2.05, 4.69) is 4.98 Å². The topological polar surface area (TPSA) is 47.0 Å². The first-order chi connectivity index (χ1) is 13.3. The van der Waals surface area contributed by atoms with Crippen molar-refractivity contribution in [2.24, 2.45) is 0 Å². The molecule has 28 heavy (non-hydrogen) atoms. The summed E-state index contributed by atoms with van der Waals surface area (Å²) in [6.07, 6.45) is 3.97. The van der Waals surface area contributed by atoms with E-state index in [4.69, 9.17) is 0 Å². The van der Waals surface area contributed by atoms with Crippen LogP contribution in [-0.2, 0) is 16.3 Å². The van der Waals surface area contributed by atoms with E-state index >= 15 is 0 Å². The van der Waals surface area contributed by atoms with Gasteiger partial charge in [-0.15, -0.1) is 0 Å². The van der Waals surface area contributed by atoms with Crippen LogP contribution in [0, 0.1) is 18.7 Å². The first-order valence-corrected chi connectivity index (χ1v) is 10.6. The predicted octanol–water partition coefficient (Wildman–Crippen LogP) is 5.51. The first kappa shape index (κ1) is 20.1. The van der Waals surface area contributed by atoms with Crippen LogP contribution in [0.5, 0.6) is 0 Å². The highest BCUT2D eigenvalue weighted by Gasteiger charge is 2.22. The maximum absolute atomic E-state index is 14.5. The molecule has 6 heteroatoms. The Bertz CT molecular complexity index is 1090. The molecular formula is C22H21F2NO2S. The van der Waals surface area contributed by atoms with Gasteiger partial charge in [0.15, 0.2) is 0 Å². The molecular weight excluding hydrogens is 380 g/mol. The molecule has 0 saturated heterocycles. The Morgan fingerprint density at radius 3 is 2.36 bits per heavy atom. The summed E-state index contributed by atoms with van der Waals surface area (Å²) in [7, 11) is -3.99. The van der Waals surface area contributed by atoms with Crippen molar-refractivity contribution in [2.75, 3.05) is 0 Å². The summed E-state index contributed by atoms with van der Waals surface area (Å²) in [6.45, 7) is 3.65. The Kier molecular flexibility index (Phi) is 5.89. The normalized spacial score (nSPS) is 11.6. The third kappa shape index (κ3) is 3.97. The Morgan fingerprint density at radius 2 is 1.71 bits per heavy atom. The van der Waals surface area contributed by atoms with Crippen LogP contribution in [0.1, 0.15) is 30.9 Å². The summed E-state index contributed by atoms with van der Waals surface area (Å²) in [5.74, 6) is -1.32. The van der Waals surface area contributed by atoms with Crippen LogP contribution >= 0.6 is 0 Å². The number of halogens is 2. The number of rotatable bonds is 6. The van der Waals surface area contributed by atoms with Gasteiger partial charge in [-0.3, -0.25) is 0 Å². The summed E-state index contributed by atoms with van der Waals surface area (Å²) < 4.78 is 53.8. The molecule has 0 saturated carbocycles. The van der Waals surface area contributed by atoms with Crippen molar-refractivity contribution in [2.45, 2.75) is 42.9 Å². The highest BCUT2D eigenvalue weighted by Crippen LogP contribution is 2.29. The van der Waals surface area contributed by atoms with Crippen LogP contribution in [0.2, 0.25) is 0 Å². The van der Waals surface area contributed by atoms with E-state index in [0.717, 1.165) is 18.4 Å². The average Bonchev–Trinajstić information content (AvgIpc) is 2.68. The lowest BCUT2D eigenvalue weighted by molar-refractivity contribution is 0.565. The number of aromatic nitrogens is 1. The van der Waals surface area contributed by atoms with Crippen LogP contribution in [0.15, 0.2) is 64.5 Å². The van der Waals surface area contributed by atoms with E-state index in [-0.39, 0.29) is 9.79 Å². The molecule has 1 aromatic heterocycles. The largest absolute Gasteiger partial charge is 0.228 e. The number of nitrogens with zero attached hydrogens (tertiary/aromatic N) is 1. The zero-order valence-corrected chi connectivity index (χ0v) is 16.6. The highest BCUT2D eigenvalue weighted by atomic mass is 32.2. The molecule has 0 fully saturated rings. The summed E-state index contributed by atoms with van der Waals surface area (Å²) in [5.41, 5.74) is 2.45. The van der Waals surface area contributed by atoms with Gasteiger partial charge in [0.2, 0.25) is 15.8 Å². The predicted molar refractivity (Wildman–Crippen MR) is 105 cm³/mol. The van der Waals surface area contributed by atoms with Gasteiger partial charge in [-0.2, -0.15) is 4.39 Å². The van der Waals surface area contributed by atoms with E-state index in [9.17, 15) is 17.2 Å². The SMILES string of the molecule is CCCCc1ccc(S(=O)(=O)c2ccc(-c3ccnc(F)c3C)cc2)c(F)c1. The molecule has 146 valence electrons. The maximum atomic E-state index is 14.5. The minimum absolute atomic E-state index is 0.0105. The second kappa shape index (κ2) is 8.19. The van der Waals surface area contributed by atoms with Crippen LogP contribution in [0.25, 0.3) is 11.1 Å². The maximum Gasteiger partial charge on any atom is 0.216 e. The van der Waals surface area contributed by atoms with Crippen molar-refractivity contribution in [3.05, 3.63) is 77.6 Å². The minimum Gasteiger partial charge on any atom is -0.228 e. The van der Waals surface area contributed by atoms with E-state index in [1.807, 2.05) is 6.92 Å². The van der Waals surface area contributed by atoms with Crippen LogP contribution in [0.3, 0.4) is 0 Å².